The van der Waals surface area contributed by atoms with E-state index in [1.807, 2.05) is 25.1 Å². The molecule has 0 spiro atoms. The summed E-state index contributed by atoms with van der Waals surface area (Å²) in [5, 5.41) is 1.51. The zero-order valence-corrected chi connectivity index (χ0v) is 11.5. The molecule has 2 aromatic heterocycles. The Labute approximate surface area is 112 Å². The zero-order chi connectivity index (χ0) is 12.9. The second-order valence-corrected chi connectivity index (χ2v) is 5.13. The Morgan fingerprint density at radius 1 is 1.17 bits per heavy atom. The normalized spacial score (nSPS) is 11.3. The van der Waals surface area contributed by atoms with Crippen LogP contribution >= 0.6 is 15.9 Å². The Morgan fingerprint density at radius 3 is 2.72 bits per heavy atom. The lowest BCUT2D eigenvalue weighted by Crippen LogP contribution is -2.04. The van der Waals surface area contributed by atoms with Gasteiger partial charge in [-0.3, -0.25) is 0 Å². The molecule has 0 fully saturated rings. The molecular weight excluding hydrogens is 294 g/mol. The third kappa shape index (κ3) is 1.56. The van der Waals surface area contributed by atoms with E-state index in [-0.39, 0.29) is 5.63 Å². The summed E-state index contributed by atoms with van der Waals surface area (Å²) < 4.78 is 6.09. The minimum absolute atomic E-state index is 0.326. The Bertz CT molecular complexity index is 836. The predicted octanol–water partition coefficient (Wildman–Crippen LogP) is 3.72. The number of hydrogen-bond donors (Lipinski definition) is 0. The molecule has 4 heteroatoms. The van der Waals surface area contributed by atoms with Crippen LogP contribution in [0.4, 0.5) is 0 Å². The molecular formula is C14H10BrNO2. The number of hydrogen-bond acceptors (Lipinski definition) is 3. The molecule has 3 aromatic rings. The summed E-state index contributed by atoms with van der Waals surface area (Å²) in [6.45, 7) is 3.67. The molecule has 0 unspecified atom stereocenters. The number of aryl methyl sites for hydroxylation is 2. The maximum absolute atomic E-state index is 12.0. The van der Waals surface area contributed by atoms with E-state index in [0.29, 0.717) is 16.7 Å². The third-order valence-corrected chi connectivity index (χ3v) is 3.70. The van der Waals surface area contributed by atoms with E-state index in [9.17, 15) is 4.79 Å². The molecule has 0 saturated carbocycles. The van der Waals surface area contributed by atoms with Crippen LogP contribution in [0.15, 0.2) is 37.9 Å². The highest BCUT2D eigenvalue weighted by Crippen LogP contribution is 2.29. The molecule has 0 atom stereocenters. The maximum Gasteiger partial charge on any atom is 0.345 e. The molecule has 0 saturated heterocycles. The van der Waals surface area contributed by atoms with E-state index >= 15 is 0 Å². The predicted molar refractivity (Wildman–Crippen MR) is 75.0 cm³/mol. The summed E-state index contributed by atoms with van der Waals surface area (Å²) in [7, 11) is 0. The Balaban J connectivity index is 2.66. The van der Waals surface area contributed by atoms with Gasteiger partial charge in [0.05, 0.1) is 16.4 Å². The average molecular weight is 304 g/mol. The molecule has 3 nitrogen and oxygen atoms in total. The second kappa shape index (κ2) is 3.92. The first-order valence-corrected chi connectivity index (χ1v) is 6.36. The molecule has 0 aliphatic heterocycles. The van der Waals surface area contributed by atoms with E-state index in [4.69, 9.17) is 4.42 Å². The minimum Gasteiger partial charge on any atom is -0.428 e. The topological polar surface area (TPSA) is 43.1 Å². The van der Waals surface area contributed by atoms with Gasteiger partial charge in [0, 0.05) is 15.9 Å². The second-order valence-electron chi connectivity index (χ2n) is 4.28. The molecule has 18 heavy (non-hydrogen) atoms. The van der Waals surface area contributed by atoms with Gasteiger partial charge in [0.1, 0.15) is 5.76 Å². The van der Waals surface area contributed by atoms with Crippen molar-refractivity contribution < 1.29 is 4.42 Å². The molecule has 0 aliphatic rings. The van der Waals surface area contributed by atoms with Crippen molar-refractivity contribution in [3.05, 3.63) is 50.5 Å². The zero-order valence-electron chi connectivity index (χ0n) is 9.95. The summed E-state index contributed by atoms with van der Waals surface area (Å²) >= 11 is 3.50. The van der Waals surface area contributed by atoms with Crippen molar-refractivity contribution >= 4 is 37.7 Å². The molecule has 0 bridgehead atoms. The highest BCUT2D eigenvalue weighted by Gasteiger charge is 2.12. The molecule has 3 rings (SSSR count). The van der Waals surface area contributed by atoms with Gasteiger partial charge in [-0.2, -0.15) is 0 Å². The molecule has 0 aliphatic carbocycles. The van der Waals surface area contributed by atoms with Gasteiger partial charge in [0.25, 0.3) is 0 Å². The lowest BCUT2D eigenvalue weighted by Gasteiger charge is -2.07. The van der Waals surface area contributed by atoms with Crippen molar-refractivity contribution in [3.63, 3.8) is 0 Å². The molecule has 0 radical (unpaired) electrons. The smallest absolute Gasteiger partial charge is 0.345 e. The fraction of sp³-hybridized carbons (Fsp3) is 0.143. The number of pyridine rings is 1. The first kappa shape index (κ1) is 11.4. The van der Waals surface area contributed by atoms with E-state index in [1.54, 1.807) is 13.0 Å². The minimum atomic E-state index is -0.326. The highest BCUT2D eigenvalue weighted by atomic mass is 79.9. The Morgan fingerprint density at radius 2 is 1.94 bits per heavy atom. The molecule has 1 aromatic carbocycles. The molecule has 2 heterocycles. The third-order valence-electron chi connectivity index (χ3n) is 3.04. The van der Waals surface area contributed by atoms with Crippen LogP contribution in [0.3, 0.4) is 0 Å². The van der Waals surface area contributed by atoms with E-state index in [2.05, 4.69) is 20.9 Å². The van der Waals surface area contributed by atoms with Gasteiger partial charge in [0.15, 0.2) is 0 Å². The highest BCUT2D eigenvalue weighted by molar-refractivity contribution is 9.10. The van der Waals surface area contributed by atoms with Crippen molar-refractivity contribution in [1.82, 2.24) is 4.98 Å². The number of halogens is 1. The standard InChI is InChI=1S/C14H10BrNO2/c1-7-6-11-13(14(17)18-7)8(2)12-9(15)4-3-5-10(12)16-11/h3-6H,1-2H3. The maximum atomic E-state index is 12.0. The monoisotopic (exact) mass is 303 g/mol. The van der Waals surface area contributed by atoms with Gasteiger partial charge in [-0.15, -0.1) is 0 Å². The van der Waals surface area contributed by atoms with Gasteiger partial charge in [-0.25, -0.2) is 9.78 Å². The van der Waals surface area contributed by atoms with E-state index in [0.717, 1.165) is 20.9 Å². The number of fused-ring (bicyclic) bond motifs is 2. The number of nitrogens with zero attached hydrogens (tertiary/aromatic N) is 1. The summed E-state index contributed by atoms with van der Waals surface area (Å²) in [4.78, 5) is 16.5. The van der Waals surface area contributed by atoms with E-state index in [1.165, 1.54) is 0 Å². The fourth-order valence-electron chi connectivity index (χ4n) is 2.26. The number of rotatable bonds is 0. The Kier molecular flexibility index (Phi) is 2.48. The average Bonchev–Trinajstić information content (AvgIpc) is 2.27. The van der Waals surface area contributed by atoms with Crippen molar-refractivity contribution in [2.75, 3.05) is 0 Å². The van der Waals surface area contributed by atoms with E-state index < -0.39 is 0 Å². The van der Waals surface area contributed by atoms with Crippen LogP contribution in [-0.4, -0.2) is 4.98 Å². The summed E-state index contributed by atoms with van der Waals surface area (Å²) in [6.07, 6.45) is 0. The molecule has 0 amide bonds. The summed E-state index contributed by atoms with van der Waals surface area (Å²) in [5.41, 5.74) is 2.13. The fourth-order valence-corrected chi connectivity index (χ4v) is 2.91. The van der Waals surface area contributed by atoms with Gasteiger partial charge in [-0.1, -0.05) is 22.0 Å². The van der Waals surface area contributed by atoms with Crippen molar-refractivity contribution in [3.8, 4) is 0 Å². The van der Waals surface area contributed by atoms with Crippen LogP contribution in [0, 0.1) is 13.8 Å². The molecule has 90 valence electrons. The quantitative estimate of drug-likeness (QED) is 0.594. The van der Waals surface area contributed by atoms with Crippen molar-refractivity contribution in [2.24, 2.45) is 0 Å². The lowest BCUT2D eigenvalue weighted by atomic mass is 10.1. The van der Waals surface area contributed by atoms with Crippen LogP contribution in [0.1, 0.15) is 11.3 Å². The van der Waals surface area contributed by atoms with Crippen LogP contribution in [0.2, 0.25) is 0 Å². The van der Waals surface area contributed by atoms with Crippen LogP contribution in [0.5, 0.6) is 0 Å². The van der Waals surface area contributed by atoms with Gasteiger partial charge < -0.3 is 4.42 Å². The van der Waals surface area contributed by atoms with Crippen molar-refractivity contribution in [1.29, 1.82) is 0 Å². The summed E-state index contributed by atoms with van der Waals surface area (Å²) in [5.74, 6) is 0.578. The Hall–Kier alpha value is -1.68. The molecule has 0 N–H and O–H groups in total. The number of aromatic nitrogens is 1. The SMILES string of the molecule is Cc1cc2nc3cccc(Br)c3c(C)c2c(=O)o1. The largest absolute Gasteiger partial charge is 0.428 e. The number of benzene rings is 1. The lowest BCUT2D eigenvalue weighted by molar-refractivity contribution is 0.488. The van der Waals surface area contributed by atoms with Crippen LogP contribution < -0.4 is 5.63 Å². The van der Waals surface area contributed by atoms with Crippen LogP contribution in [-0.2, 0) is 0 Å². The van der Waals surface area contributed by atoms with Crippen LogP contribution in [0.25, 0.3) is 21.8 Å². The first-order chi connectivity index (χ1) is 8.58. The summed E-state index contributed by atoms with van der Waals surface area (Å²) in [6, 6.07) is 7.61. The van der Waals surface area contributed by atoms with Gasteiger partial charge >= 0.3 is 5.63 Å². The first-order valence-electron chi connectivity index (χ1n) is 5.57. The van der Waals surface area contributed by atoms with Gasteiger partial charge in [0.2, 0.25) is 0 Å². The van der Waals surface area contributed by atoms with Crippen molar-refractivity contribution in [2.45, 2.75) is 13.8 Å². The van der Waals surface area contributed by atoms with Gasteiger partial charge in [-0.05, 0) is 31.5 Å².